The third kappa shape index (κ3) is 2.53. The van der Waals surface area contributed by atoms with E-state index in [1.807, 2.05) is 16.8 Å². The van der Waals surface area contributed by atoms with Gasteiger partial charge in [-0.25, -0.2) is 9.78 Å². The molecular formula is C15H11N3O4S. The van der Waals surface area contributed by atoms with E-state index in [2.05, 4.69) is 10.1 Å². The first-order chi connectivity index (χ1) is 11.2. The molecule has 0 saturated carbocycles. The Hall–Kier alpha value is -2.87. The van der Waals surface area contributed by atoms with Gasteiger partial charge in [-0.3, -0.25) is 0 Å². The van der Waals surface area contributed by atoms with Gasteiger partial charge in [-0.1, -0.05) is 0 Å². The predicted molar refractivity (Wildman–Crippen MR) is 82.1 cm³/mol. The second kappa shape index (κ2) is 5.40. The van der Waals surface area contributed by atoms with E-state index in [-0.39, 0.29) is 12.4 Å². The van der Waals surface area contributed by atoms with Crippen LogP contribution in [0.4, 0.5) is 0 Å². The number of thiophene rings is 1. The lowest BCUT2D eigenvalue weighted by atomic mass is 10.3. The molecule has 0 radical (unpaired) electrons. The number of aromatic nitrogens is 3. The smallest absolute Gasteiger partial charge is 0.437 e. The quantitative estimate of drug-likeness (QED) is 0.571. The zero-order chi connectivity index (χ0) is 15.8. The molecule has 4 aromatic rings. The number of oxazole rings is 1. The van der Waals surface area contributed by atoms with E-state index in [1.54, 1.807) is 30.4 Å². The van der Waals surface area contributed by atoms with Crippen LogP contribution in [-0.4, -0.2) is 14.8 Å². The molecule has 4 aromatic heterocycles. The van der Waals surface area contributed by atoms with E-state index in [1.165, 1.54) is 10.9 Å². The van der Waals surface area contributed by atoms with Crippen molar-refractivity contribution in [2.24, 2.45) is 0 Å². The van der Waals surface area contributed by atoms with Crippen LogP contribution >= 0.6 is 11.3 Å². The Kier molecular flexibility index (Phi) is 3.23. The molecular weight excluding hydrogens is 318 g/mol. The molecule has 0 fully saturated rings. The fourth-order valence-electron chi connectivity index (χ4n) is 2.13. The van der Waals surface area contributed by atoms with Gasteiger partial charge in [0.05, 0.1) is 12.8 Å². The van der Waals surface area contributed by atoms with E-state index in [4.69, 9.17) is 13.3 Å². The highest BCUT2D eigenvalue weighted by molar-refractivity contribution is 7.08. The van der Waals surface area contributed by atoms with Gasteiger partial charge in [0, 0.05) is 10.9 Å². The number of hydrogen-bond donors (Lipinski definition) is 0. The molecule has 0 aliphatic heterocycles. The molecule has 0 amide bonds. The first-order valence-electron chi connectivity index (χ1n) is 6.81. The van der Waals surface area contributed by atoms with Crippen molar-refractivity contribution < 1.29 is 13.3 Å². The van der Waals surface area contributed by atoms with E-state index >= 15 is 0 Å². The number of furan rings is 1. The maximum atomic E-state index is 11.9. The van der Waals surface area contributed by atoms with Gasteiger partial charge in [-0.15, -0.1) is 5.10 Å². The van der Waals surface area contributed by atoms with Gasteiger partial charge < -0.3 is 13.3 Å². The summed E-state index contributed by atoms with van der Waals surface area (Å²) in [5, 5.41) is 8.03. The standard InChI is InChI=1S/C15H11N3O4S/c1-9-11(16-13(21-9)10-4-6-23-8-10)7-18-15(19)22-14(17-18)12-3-2-5-20-12/h2-6,8H,7H2,1H3. The average Bonchev–Trinajstić information content (AvgIpc) is 3.29. The van der Waals surface area contributed by atoms with Crippen molar-refractivity contribution >= 4 is 11.3 Å². The van der Waals surface area contributed by atoms with Crippen LogP contribution in [0.3, 0.4) is 0 Å². The van der Waals surface area contributed by atoms with Crippen LogP contribution in [0.2, 0.25) is 0 Å². The van der Waals surface area contributed by atoms with Crippen molar-refractivity contribution in [3.63, 3.8) is 0 Å². The normalized spacial score (nSPS) is 11.2. The maximum absolute atomic E-state index is 11.9. The molecule has 4 rings (SSSR count). The molecule has 0 N–H and O–H groups in total. The summed E-state index contributed by atoms with van der Waals surface area (Å²) in [4.78, 5) is 16.4. The Morgan fingerprint density at radius 2 is 2.17 bits per heavy atom. The third-order valence-corrected chi connectivity index (χ3v) is 3.98. The summed E-state index contributed by atoms with van der Waals surface area (Å²) < 4.78 is 17.1. The topological polar surface area (TPSA) is 87.2 Å². The van der Waals surface area contributed by atoms with E-state index < -0.39 is 5.76 Å². The molecule has 0 aromatic carbocycles. The van der Waals surface area contributed by atoms with E-state index in [0.717, 1.165) is 5.56 Å². The van der Waals surface area contributed by atoms with Crippen molar-refractivity contribution in [2.45, 2.75) is 13.5 Å². The first kappa shape index (κ1) is 13.8. The highest BCUT2D eigenvalue weighted by atomic mass is 32.1. The number of aryl methyl sites for hydroxylation is 1. The molecule has 7 nitrogen and oxygen atoms in total. The highest BCUT2D eigenvalue weighted by Gasteiger charge is 2.17. The van der Waals surface area contributed by atoms with Crippen LogP contribution in [0.15, 0.2) is 53.3 Å². The predicted octanol–water partition coefficient (Wildman–Crippen LogP) is 3.17. The second-order valence-corrected chi connectivity index (χ2v) is 5.62. The molecule has 23 heavy (non-hydrogen) atoms. The van der Waals surface area contributed by atoms with Gasteiger partial charge in [0.2, 0.25) is 5.89 Å². The molecule has 8 heteroatoms. The van der Waals surface area contributed by atoms with Crippen LogP contribution in [0.25, 0.3) is 23.1 Å². The molecule has 0 atom stereocenters. The van der Waals surface area contributed by atoms with Gasteiger partial charge in [0.1, 0.15) is 11.5 Å². The number of rotatable bonds is 4. The summed E-state index contributed by atoms with van der Waals surface area (Å²) in [6, 6.07) is 5.30. The van der Waals surface area contributed by atoms with E-state index in [0.29, 0.717) is 23.1 Å². The van der Waals surface area contributed by atoms with E-state index in [9.17, 15) is 4.79 Å². The van der Waals surface area contributed by atoms with Crippen LogP contribution in [-0.2, 0) is 6.54 Å². The summed E-state index contributed by atoms with van der Waals surface area (Å²) in [6.07, 6.45) is 1.49. The molecule has 0 unspecified atom stereocenters. The average molecular weight is 329 g/mol. The van der Waals surface area contributed by atoms with Gasteiger partial charge in [0.25, 0.3) is 5.89 Å². The maximum Gasteiger partial charge on any atom is 0.437 e. The molecule has 4 heterocycles. The SMILES string of the molecule is Cc1oc(-c2ccsc2)nc1Cn1nc(-c2ccco2)oc1=O. The lowest BCUT2D eigenvalue weighted by Crippen LogP contribution is -2.17. The van der Waals surface area contributed by atoms with Gasteiger partial charge in [-0.2, -0.15) is 16.0 Å². The van der Waals surface area contributed by atoms with Crippen molar-refractivity contribution in [1.29, 1.82) is 0 Å². The summed E-state index contributed by atoms with van der Waals surface area (Å²) in [6.45, 7) is 1.97. The van der Waals surface area contributed by atoms with Crippen LogP contribution in [0.5, 0.6) is 0 Å². The molecule has 0 bridgehead atoms. The van der Waals surface area contributed by atoms with Crippen LogP contribution in [0.1, 0.15) is 11.5 Å². The van der Waals surface area contributed by atoms with Crippen molar-refractivity contribution in [2.75, 3.05) is 0 Å². The molecule has 116 valence electrons. The lowest BCUT2D eigenvalue weighted by molar-refractivity contribution is 0.474. The summed E-state index contributed by atoms with van der Waals surface area (Å²) >= 11 is 1.56. The van der Waals surface area contributed by atoms with Gasteiger partial charge >= 0.3 is 5.76 Å². The molecule has 0 saturated heterocycles. The monoisotopic (exact) mass is 329 g/mol. The first-order valence-corrected chi connectivity index (χ1v) is 7.75. The fourth-order valence-corrected chi connectivity index (χ4v) is 2.76. The van der Waals surface area contributed by atoms with Crippen LogP contribution in [0, 0.1) is 6.92 Å². The zero-order valence-corrected chi connectivity index (χ0v) is 12.9. The largest absolute Gasteiger partial charge is 0.459 e. The Morgan fingerprint density at radius 1 is 1.26 bits per heavy atom. The van der Waals surface area contributed by atoms with Crippen molar-refractivity contribution in [3.8, 4) is 23.1 Å². The minimum Gasteiger partial charge on any atom is -0.459 e. The number of hydrogen-bond acceptors (Lipinski definition) is 7. The Labute approximate surface area is 133 Å². The summed E-state index contributed by atoms with van der Waals surface area (Å²) in [5.74, 6) is 1.13. The lowest BCUT2D eigenvalue weighted by Gasteiger charge is -1.94. The van der Waals surface area contributed by atoms with Crippen LogP contribution < -0.4 is 5.76 Å². The van der Waals surface area contributed by atoms with Crippen molar-refractivity contribution in [1.82, 2.24) is 14.8 Å². The van der Waals surface area contributed by atoms with Gasteiger partial charge in [0.15, 0.2) is 5.76 Å². The zero-order valence-electron chi connectivity index (χ0n) is 12.1. The van der Waals surface area contributed by atoms with Gasteiger partial charge in [-0.05, 0) is 30.5 Å². The Morgan fingerprint density at radius 3 is 2.91 bits per heavy atom. The minimum absolute atomic E-state index is 0.138. The Bertz CT molecular complexity index is 977. The van der Waals surface area contributed by atoms with Crippen molar-refractivity contribution in [3.05, 3.63) is 57.2 Å². The third-order valence-electron chi connectivity index (χ3n) is 3.30. The minimum atomic E-state index is -0.573. The summed E-state index contributed by atoms with van der Waals surface area (Å²) in [7, 11) is 0. The molecule has 0 aliphatic carbocycles. The summed E-state index contributed by atoms with van der Waals surface area (Å²) in [5.41, 5.74) is 1.54. The second-order valence-electron chi connectivity index (χ2n) is 4.84. The Balaban J connectivity index is 1.65. The molecule has 0 spiro atoms. The fraction of sp³-hybridized carbons (Fsp3) is 0.133. The highest BCUT2D eigenvalue weighted by Crippen LogP contribution is 2.24. The number of nitrogens with zero attached hydrogens (tertiary/aromatic N) is 3. The molecule has 0 aliphatic rings.